The molecule has 152 valence electrons. The van der Waals surface area contributed by atoms with Crippen molar-refractivity contribution in [2.45, 2.75) is 33.7 Å². The molecule has 0 aliphatic rings. The van der Waals surface area contributed by atoms with Gasteiger partial charge in [-0.1, -0.05) is 11.6 Å². The molecular weight excluding hydrogens is 394 g/mol. The molecule has 0 spiro atoms. The highest BCUT2D eigenvalue weighted by Crippen LogP contribution is 2.22. The van der Waals surface area contributed by atoms with Gasteiger partial charge in [0.25, 0.3) is 5.91 Å². The van der Waals surface area contributed by atoms with E-state index in [-0.39, 0.29) is 6.04 Å². The minimum atomic E-state index is -0.588. The Hall–Kier alpha value is -3.13. The monoisotopic (exact) mass is 415 g/mol. The molecule has 2 aromatic heterocycles. The van der Waals surface area contributed by atoms with Gasteiger partial charge in [-0.05, 0) is 52.0 Å². The largest absolute Gasteiger partial charge is 0.452 e. The molecule has 3 aromatic rings. The van der Waals surface area contributed by atoms with Crippen molar-refractivity contribution in [3.05, 3.63) is 58.5 Å². The number of benzene rings is 1. The molecule has 0 aliphatic carbocycles. The fourth-order valence-corrected chi connectivity index (χ4v) is 2.95. The summed E-state index contributed by atoms with van der Waals surface area (Å²) in [7, 11) is 0. The lowest BCUT2D eigenvalue weighted by Crippen LogP contribution is -2.23. The van der Waals surface area contributed by atoms with Crippen molar-refractivity contribution < 1.29 is 14.3 Å². The summed E-state index contributed by atoms with van der Waals surface area (Å²) >= 11 is 6.18. The van der Waals surface area contributed by atoms with Crippen LogP contribution in [0.5, 0.6) is 0 Å². The van der Waals surface area contributed by atoms with E-state index in [4.69, 9.17) is 16.3 Å². The average molecular weight is 416 g/mol. The van der Waals surface area contributed by atoms with Crippen molar-refractivity contribution in [1.82, 2.24) is 19.6 Å². The molecule has 8 nitrogen and oxygen atoms in total. The zero-order valence-electron chi connectivity index (χ0n) is 16.6. The van der Waals surface area contributed by atoms with E-state index in [0.717, 1.165) is 17.1 Å². The number of amides is 1. The second kappa shape index (κ2) is 8.48. The highest BCUT2D eigenvalue weighted by Gasteiger charge is 2.14. The minimum Gasteiger partial charge on any atom is -0.452 e. The van der Waals surface area contributed by atoms with Gasteiger partial charge in [0.05, 0.1) is 33.9 Å². The van der Waals surface area contributed by atoms with Gasteiger partial charge >= 0.3 is 5.97 Å². The van der Waals surface area contributed by atoms with Crippen molar-refractivity contribution in [3.8, 4) is 5.69 Å². The Morgan fingerprint density at radius 3 is 2.45 bits per heavy atom. The van der Waals surface area contributed by atoms with Gasteiger partial charge in [0, 0.05) is 12.1 Å². The topological polar surface area (TPSA) is 91.0 Å². The summed E-state index contributed by atoms with van der Waals surface area (Å²) in [5.41, 5.74) is 2.66. The van der Waals surface area contributed by atoms with Crippen LogP contribution in [0.25, 0.3) is 5.69 Å². The molecular formula is C20H22ClN5O3. The molecule has 1 N–H and O–H groups in total. The first kappa shape index (κ1) is 20.6. The minimum absolute atomic E-state index is 0.0958. The average Bonchev–Trinajstić information content (AvgIpc) is 3.26. The highest BCUT2D eigenvalue weighted by molar-refractivity contribution is 6.31. The van der Waals surface area contributed by atoms with Crippen molar-refractivity contribution in [1.29, 1.82) is 0 Å². The van der Waals surface area contributed by atoms with Crippen LogP contribution < -0.4 is 5.32 Å². The Bertz CT molecular complexity index is 1040. The van der Waals surface area contributed by atoms with E-state index in [1.807, 2.05) is 27.7 Å². The third-order valence-electron chi connectivity index (χ3n) is 4.31. The van der Waals surface area contributed by atoms with Crippen molar-refractivity contribution in [3.63, 3.8) is 0 Å². The van der Waals surface area contributed by atoms with Gasteiger partial charge in [-0.3, -0.25) is 4.79 Å². The number of carbonyl (C=O) groups excluding carboxylic acids is 2. The zero-order chi connectivity index (χ0) is 21.1. The number of esters is 1. The summed E-state index contributed by atoms with van der Waals surface area (Å²) in [5.74, 6) is -0.473. The highest BCUT2D eigenvalue weighted by atomic mass is 35.5. The number of nitrogens with one attached hydrogen (secondary N) is 1. The molecule has 1 aromatic carbocycles. The number of hydrogen-bond donors (Lipinski definition) is 1. The first-order valence-electron chi connectivity index (χ1n) is 9.10. The smallest absolute Gasteiger partial charge is 0.338 e. The van der Waals surface area contributed by atoms with Crippen LogP contribution in [-0.2, 0) is 9.53 Å². The second-order valence-corrected chi connectivity index (χ2v) is 7.20. The second-order valence-electron chi connectivity index (χ2n) is 6.82. The molecule has 0 radical (unpaired) electrons. The van der Waals surface area contributed by atoms with Crippen LogP contribution in [0.1, 0.15) is 41.6 Å². The Labute approximate surface area is 173 Å². The van der Waals surface area contributed by atoms with Crippen LogP contribution in [0.3, 0.4) is 0 Å². The molecule has 0 saturated heterocycles. The fraction of sp³-hybridized carbons (Fsp3) is 0.300. The molecule has 0 fully saturated rings. The normalized spacial score (nSPS) is 11.0. The number of aryl methyl sites for hydroxylation is 1. The molecule has 0 atom stereocenters. The standard InChI is InChI=1S/C20H22ClN5O3/c1-12(2)25-17(9-10-22-25)23-18(27)11-29-20(28)15-5-7-16(8-6-15)26-14(4)19(21)13(3)24-26/h5-10,12H,11H2,1-4H3,(H,23,27). The number of hydrogen-bond acceptors (Lipinski definition) is 5. The van der Waals surface area contributed by atoms with E-state index in [1.165, 1.54) is 0 Å². The van der Waals surface area contributed by atoms with Crippen LogP contribution >= 0.6 is 11.6 Å². The molecule has 1 amide bonds. The lowest BCUT2D eigenvalue weighted by Gasteiger charge is -2.12. The number of nitrogens with zero attached hydrogens (tertiary/aromatic N) is 4. The third kappa shape index (κ3) is 4.48. The number of anilines is 1. The van der Waals surface area contributed by atoms with Gasteiger partial charge < -0.3 is 10.1 Å². The van der Waals surface area contributed by atoms with E-state index >= 15 is 0 Å². The van der Waals surface area contributed by atoms with E-state index in [9.17, 15) is 9.59 Å². The number of halogens is 1. The van der Waals surface area contributed by atoms with Crippen LogP contribution in [-0.4, -0.2) is 38.0 Å². The number of carbonyl (C=O) groups is 2. The number of ether oxygens (including phenoxy) is 1. The number of aromatic nitrogens is 4. The van der Waals surface area contributed by atoms with Crippen LogP contribution in [0.2, 0.25) is 5.02 Å². The molecule has 29 heavy (non-hydrogen) atoms. The first-order valence-corrected chi connectivity index (χ1v) is 9.48. The maximum Gasteiger partial charge on any atom is 0.338 e. The summed E-state index contributed by atoms with van der Waals surface area (Å²) < 4.78 is 8.48. The summed E-state index contributed by atoms with van der Waals surface area (Å²) in [6.07, 6.45) is 1.60. The Balaban J connectivity index is 1.60. The predicted molar refractivity (Wildman–Crippen MR) is 110 cm³/mol. The van der Waals surface area contributed by atoms with Gasteiger partial charge in [0.15, 0.2) is 6.61 Å². The molecule has 2 heterocycles. The maximum absolute atomic E-state index is 12.2. The van der Waals surface area contributed by atoms with Crippen molar-refractivity contribution >= 4 is 29.3 Å². The van der Waals surface area contributed by atoms with Crippen LogP contribution in [0.4, 0.5) is 5.82 Å². The quantitative estimate of drug-likeness (QED) is 0.619. The summed E-state index contributed by atoms with van der Waals surface area (Å²) in [6, 6.07) is 8.50. The van der Waals surface area contributed by atoms with Crippen molar-refractivity contribution in [2.24, 2.45) is 0 Å². The van der Waals surface area contributed by atoms with E-state index in [2.05, 4.69) is 15.5 Å². The summed E-state index contributed by atoms with van der Waals surface area (Å²) in [4.78, 5) is 24.3. The summed E-state index contributed by atoms with van der Waals surface area (Å²) in [6.45, 7) is 7.21. The third-order valence-corrected chi connectivity index (χ3v) is 4.86. The van der Waals surface area contributed by atoms with Gasteiger partial charge in [-0.2, -0.15) is 10.2 Å². The van der Waals surface area contributed by atoms with Crippen molar-refractivity contribution in [2.75, 3.05) is 11.9 Å². The Morgan fingerprint density at radius 2 is 1.86 bits per heavy atom. The molecule has 0 saturated carbocycles. The molecule has 0 unspecified atom stereocenters. The SMILES string of the molecule is Cc1nn(-c2ccc(C(=O)OCC(=O)Nc3ccnn3C(C)C)cc2)c(C)c1Cl. The van der Waals surface area contributed by atoms with Gasteiger partial charge in [-0.15, -0.1) is 0 Å². The number of rotatable bonds is 6. The Morgan fingerprint density at radius 1 is 1.17 bits per heavy atom. The fourth-order valence-electron chi connectivity index (χ4n) is 2.83. The Kier molecular flexibility index (Phi) is 6.03. The van der Waals surface area contributed by atoms with Crippen LogP contribution in [0, 0.1) is 13.8 Å². The van der Waals surface area contributed by atoms with E-state index in [1.54, 1.807) is 45.9 Å². The zero-order valence-corrected chi connectivity index (χ0v) is 17.4. The molecule has 0 bridgehead atoms. The maximum atomic E-state index is 12.2. The van der Waals surface area contributed by atoms with Gasteiger partial charge in [0.2, 0.25) is 0 Å². The van der Waals surface area contributed by atoms with E-state index in [0.29, 0.717) is 16.4 Å². The van der Waals surface area contributed by atoms with Crippen LogP contribution in [0.15, 0.2) is 36.5 Å². The van der Waals surface area contributed by atoms with Gasteiger partial charge in [0.1, 0.15) is 5.82 Å². The summed E-state index contributed by atoms with van der Waals surface area (Å²) in [5, 5.41) is 11.8. The molecule has 3 rings (SSSR count). The predicted octanol–water partition coefficient (Wildman–Crippen LogP) is 3.72. The molecule has 9 heteroatoms. The van der Waals surface area contributed by atoms with E-state index < -0.39 is 18.5 Å². The molecule has 0 aliphatic heterocycles. The van der Waals surface area contributed by atoms with Gasteiger partial charge in [-0.25, -0.2) is 14.2 Å². The lowest BCUT2D eigenvalue weighted by atomic mass is 10.2. The first-order chi connectivity index (χ1) is 13.8. The lowest BCUT2D eigenvalue weighted by molar-refractivity contribution is -0.119.